The second-order valence-electron chi connectivity index (χ2n) is 4.85. The van der Waals surface area contributed by atoms with Gasteiger partial charge in [-0.25, -0.2) is 13.2 Å². The van der Waals surface area contributed by atoms with Gasteiger partial charge >= 0.3 is 6.09 Å². The van der Waals surface area contributed by atoms with E-state index in [4.69, 9.17) is 5.73 Å². The third-order valence-electron chi connectivity index (χ3n) is 3.39. The van der Waals surface area contributed by atoms with Crippen molar-refractivity contribution >= 4 is 21.8 Å². The van der Waals surface area contributed by atoms with Crippen molar-refractivity contribution in [1.29, 1.82) is 0 Å². The Bertz CT molecular complexity index is 592. The molecule has 1 amide bonds. The number of amides is 1. The summed E-state index contributed by atoms with van der Waals surface area (Å²) in [5.74, 6) is -0.0640. The molecule has 8 heteroatoms. The largest absolute Gasteiger partial charge is 0.453 e. The Balaban J connectivity index is 1.98. The van der Waals surface area contributed by atoms with E-state index in [1.54, 1.807) is 24.3 Å². The molecule has 0 atom stereocenters. The molecule has 1 saturated heterocycles. The van der Waals surface area contributed by atoms with Crippen molar-refractivity contribution in [2.45, 2.75) is 5.75 Å². The lowest BCUT2D eigenvalue weighted by Crippen LogP contribution is -2.50. The Labute approximate surface area is 124 Å². The first-order valence-electron chi connectivity index (χ1n) is 6.57. The first-order chi connectivity index (χ1) is 9.92. The van der Waals surface area contributed by atoms with Crippen LogP contribution in [0.15, 0.2) is 24.3 Å². The summed E-state index contributed by atoms with van der Waals surface area (Å²) in [5, 5.41) is 0. The van der Waals surface area contributed by atoms with E-state index >= 15 is 0 Å². The van der Waals surface area contributed by atoms with Crippen molar-refractivity contribution in [2.24, 2.45) is 0 Å². The fourth-order valence-corrected chi connectivity index (χ4v) is 3.71. The van der Waals surface area contributed by atoms with E-state index in [-0.39, 0.29) is 18.8 Å². The molecule has 0 unspecified atom stereocenters. The molecule has 1 heterocycles. The summed E-state index contributed by atoms with van der Waals surface area (Å²) in [5.41, 5.74) is 6.87. The van der Waals surface area contributed by atoms with Crippen LogP contribution in [0.3, 0.4) is 0 Å². The van der Waals surface area contributed by atoms with Gasteiger partial charge in [-0.1, -0.05) is 12.1 Å². The van der Waals surface area contributed by atoms with Gasteiger partial charge in [-0.3, -0.25) is 0 Å². The summed E-state index contributed by atoms with van der Waals surface area (Å²) in [6.45, 7) is 1.25. The van der Waals surface area contributed by atoms with Gasteiger partial charge in [0, 0.05) is 31.9 Å². The maximum absolute atomic E-state index is 12.3. The zero-order valence-electron chi connectivity index (χ0n) is 11.9. The van der Waals surface area contributed by atoms with Crippen molar-refractivity contribution < 1.29 is 17.9 Å². The molecular formula is C13H19N3O4S. The Kier molecular flexibility index (Phi) is 4.69. The minimum absolute atomic E-state index is 0.0640. The number of rotatable bonds is 3. The van der Waals surface area contributed by atoms with Crippen LogP contribution < -0.4 is 5.73 Å². The highest BCUT2D eigenvalue weighted by molar-refractivity contribution is 7.88. The van der Waals surface area contributed by atoms with Gasteiger partial charge in [0.1, 0.15) is 0 Å². The van der Waals surface area contributed by atoms with E-state index in [0.29, 0.717) is 24.3 Å². The molecule has 0 spiro atoms. The maximum atomic E-state index is 12.3. The van der Waals surface area contributed by atoms with Gasteiger partial charge in [0.2, 0.25) is 10.0 Å². The van der Waals surface area contributed by atoms with Crippen LogP contribution in [0.2, 0.25) is 0 Å². The number of anilines is 1. The fourth-order valence-electron chi connectivity index (χ4n) is 2.19. The normalized spacial score (nSPS) is 16.7. The molecule has 1 aliphatic rings. The van der Waals surface area contributed by atoms with E-state index in [2.05, 4.69) is 4.74 Å². The molecule has 7 nitrogen and oxygen atoms in total. The van der Waals surface area contributed by atoms with Crippen LogP contribution in [-0.2, 0) is 20.5 Å². The minimum atomic E-state index is -3.39. The molecule has 1 fully saturated rings. The minimum Gasteiger partial charge on any atom is -0.453 e. The summed E-state index contributed by atoms with van der Waals surface area (Å²) >= 11 is 0. The zero-order valence-corrected chi connectivity index (χ0v) is 12.7. The van der Waals surface area contributed by atoms with Crippen LogP contribution in [0.4, 0.5) is 10.5 Å². The lowest BCUT2D eigenvalue weighted by Gasteiger charge is -2.33. The van der Waals surface area contributed by atoms with Crippen molar-refractivity contribution in [2.75, 3.05) is 39.0 Å². The predicted octanol–water partition coefficient (Wildman–Crippen LogP) is 0.483. The van der Waals surface area contributed by atoms with Crippen molar-refractivity contribution in [1.82, 2.24) is 9.21 Å². The molecule has 0 saturated carbocycles. The van der Waals surface area contributed by atoms with Crippen molar-refractivity contribution in [3.05, 3.63) is 29.8 Å². The molecular weight excluding hydrogens is 294 g/mol. The highest BCUT2D eigenvalue weighted by atomic mass is 32.2. The standard InChI is InChI=1S/C13H19N3O4S/c1-20-13(17)15-6-8-16(9-7-15)21(18,19)10-11-2-4-12(14)5-3-11/h2-5H,6-10,14H2,1H3. The molecule has 0 aromatic heterocycles. The highest BCUT2D eigenvalue weighted by Gasteiger charge is 2.29. The predicted molar refractivity (Wildman–Crippen MR) is 79.0 cm³/mol. The Hall–Kier alpha value is -1.80. The van der Waals surface area contributed by atoms with Crippen LogP contribution >= 0.6 is 0 Å². The van der Waals surface area contributed by atoms with Crippen LogP contribution in [-0.4, -0.2) is 57.0 Å². The van der Waals surface area contributed by atoms with E-state index in [1.807, 2.05) is 0 Å². The number of piperazine rings is 1. The average molecular weight is 313 g/mol. The molecule has 116 valence electrons. The molecule has 1 aromatic carbocycles. The van der Waals surface area contributed by atoms with E-state index < -0.39 is 16.1 Å². The highest BCUT2D eigenvalue weighted by Crippen LogP contribution is 2.15. The van der Waals surface area contributed by atoms with Gasteiger partial charge in [-0.15, -0.1) is 0 Å². The fraction of sp³-hybridized carbons (Fsp3) is 0.462. The molecule has 0 bridgehead atoms. The SMILES string of the molecule is COC(=O)N1CCN(S(=O)(=O)Cc2ccc(N)cc2)CC1. The molecule has 1 aromatic rings. The monoisotopic (exact) mass is 313 g/mol. The lowest BCUT2D eigenvalue weighted by molar-refractivity contribution is 0.108. The summed E-state index contributed by atoms with van der Waals surface area (Å²) in [6.07, 6.45) is -0.425. The van der Waals surface area contributed by atoms with Gasteiger partial charge in [0.25, 0.3) is 0 Å². The van der Waals surface area contributed by atoms with Gasteiger partial charge in [-0.2, -0.15) is 4.31 Å². The van der Waals surface area contributed by atoms with Gasteiger partial charge in [0.05, 0.1) is 12.9 Å². The van der Waals surface area contributed by atoms with Crippen LogP contribution in [0.1, 0.15) is 5.56 Å². The molecule has 21 heavy (non-hydrogen) atoms. The number of carbonyl (C=O) groups is 1. The van der Waals surface area contributed by atoms with Crippen LogP contribution in [0.25, 0.3) is 0 Å². The number of hydrogen-bond donors (Lipinski definition) is 1. The van der Waals surface area contributed by atoms with Crippen molar-refractivity contribution in [3.8, 4) is 0 Å². The van der Waals surface area contributed by atoms with Crippen molar-refractivity contribution in [3.63, 3.8) is 0 Å². The van der Waals surface area contributed by atoms with Crippen LogP contribution in [0, 0.1) is 0 Å². The summed E-state index contributed by atoms with van der Waals surface area (Å²) in [6, 6.07) is 6.77. The number of ether oxygens (including phenoxy) is 1. The second-order valence-corrected chi connectivity index (χ2v) is 6.82. The first kappa shape index (κ1) is 15.6. The molecule has 2 rings (SSSR count). The number of nitrogens with two attached hydrogens (primary N) is 1. The molecule has 0 aliphatic carbocycles. The summed E-state index contributed by atoms with van der Waals surface area (Å²) < 4.78 is 30.7. The topological polar surface area (TPSA) is 92.9 Å². The number of hydrogen-bond acceptors (Lipinski definition) is 5. The first-order valence-corrected chi connectivity index (χ1v) is 8.18. The Morgan fingerprint density at radius 3 is 2.29 bits per heavy atom. The molecule has 2 N–H and O–H groups in total. The summed E-state index contributed by atoms with van der Waals surface area (Å²) in [7, 11) is -2.08. The molecule has 0 radical (unpaired) electrons. The van der Waals surface area contributed by atoms with Gasteiger partial charge < -0.3 is 15.4 Å². The second kappa shape index (κ2) is 6.31. The Morgan fingerprint density at radius 1 is 1.19 bits per heavy atom. The number of carbonyl (C=O) groups excluding carboxylic acids is 1. The Morgan fingerprint density at radius 2 is 1.76 bits per heavy atom. The lowest BCUT2D eigenvalue weighted by atomic mass is 10.2. The third-order valence-corrected chi connectivity index (χ3v) is 5.24. The quantitative estimate of drug-likeness (QED) is 0.819. The summed E-state index contributed by atoms with van der Waals surface area (Å²) in [4.78, 5) is 12.9. The molecule has 1 aliphatic heterocycles. The van der Waals surface area contributed by atoms with Gasteiger partial charge in [0.15, 0.2) is 0 Å². The number of nitrogen functional groups attached to an aromatic ring is 1. The zero-order chi connectivity index (χ0) is 15.5. The van der Waals surface area contributed by atoms with Gasteiger partial charge in [-0.05, 0) is 17.7 Å². The van der Waals surface area contributed by atoms with E-state index in [9.17, 15) is 13.2 Å². The smallest absolute Gasteiger partial charge is 0.409 e. The van der Waals surface area contributed by atoms with E-state index in [1.165, 1.54) is 16.3 Å². The number of nitrogens with zero attached hydrogens (tertiary/aromatic N) is 2. The van der Waals surface area contributed by atoms with Crippen LogP contribution in [0.5, 0.6) is 0 Å². The maximum Gasteiger partial charge on any atom is 0.409 e. The van der Waals surface area contributed by atoms with E-state index in [0.717, 1.165) is 0 Å². The number of benzene rings is 1. The number of methoxy groups -OCH3 is 1. The average Bonchev–Trinajstić information content (AvgIpc) is 2.49. The number of sulfonamides is 1. The third kappa shape index (κ3) is 3.85.